The summed E-state index contributed by atoms with van der Waals surface area (Å²) in [5, 5.41) is 3.57. The van der Waals surface area contributed by atoms with E-state index in [2.05, 4.69) is 6.58 Å². The molecule has 0 aliphatic rings. The summed E-state index contributed by atoms with van der Waals surface area (Å²) in [6.07, 6.45) is 0. The molecule has 108 valence electrons. The molecule has 0 fully saturated rings. The first-order valence-electron chi connectivity index (χ1n) is 6.49. The standard InChI is InChI=1S/C17H14O3S.Rb.H/c1-12(2)20-21(18,19)17-9-5-8-15-10-13-6-3-4-7-14(13)11-16(15)17;;/h3-11H,1H2,2H3;;/q;+1;-1. The Balaban J connectivity index is 0.00000132. The first-order chi connectivity index (χ1) is 9.97. The normalized spacial score (nSPS) is 11.1. The maximum absolute atomic E-state index is 12.3. The molecule has 0 heterocycles. The zero-order valence-corrected chi connectivity index (χ0v) is 18.3. The molecular formula is C17H15O3RbS. The Bertz CT molecular complexity index is 968. The van der Waals surface area contributed by atoms with Gasteiger partial charge in [-0.1, -0.05) is 43.0 Å². The van der Waals surface area contributed by atoms with Crippen molar-refractivity contribution in [3.05, 3.63) is 66.9 Å². The molecule has 0 amide bonds. The first-order valence-corrected chi connectivity index (χ1v) is 7.90. The Labute approximate surface area is 180 Å². The van der Waals surface area contributed by atoms with E-state index in [4.69, 9.17) is 4.18 Å². The van der Waals surface area contributed by atoms with Gasteiger partial charge >= 0.3 is 68.3 Å². The fraction of sp³-hybridized carbons (Fsp3) is 0.0588. The van der Waals surface area contributed by atoms with Gasteiger partial charge in [-0.15, -0.1) is 0 Å². The van der Waals surface area contributed by atoms with Crippen LogP contribution >= 0.6 is 0 Å². The van der Waals surface area contributed by atoms with Crippen molar-refractivity contribution in [1.82, 2.24) is 0 Å². The third-order valence-corrected chi connectivity index (χ3v) is 4.63. The van der Waals surface area contributed by atoms with Gasteiger partial charge in [0.05, 0.1) is 0 Å². The molecule has 0 atom stereocenters. The van der Waals surface area contributed by atoms with Gasteiger partial charge < -0.3 is 5.61 Å². The molecule has 0 N–H and O–H groups in total. The van der Waals surface area contributed by atoms with E-state index in [1.54, 1.807) is 12.1 Å². The van der Waals surface area contributed by atoms with Crippen LogP contribution in [0.3, 0.4) is 0 Å². The largest absolute Gasteiger partial charge is 1.00 e. The zero-order valence-electron chi connectivity index (χ0n) is 13.5. The van der Waals surface area contributed by atoms with E-state index < -0.39 is 10.1 Å². The number of allylic oxidation sites excluding steroid dienone is 1. The van der Waals surface area contributed by atoms with Gasteiger partial charge in [-0.3, -0.25) is 0 Å². The summed E-state index contributed by atoms with van der Waals surface area (Å²) in [7, 11) is -3.85. The molecule has 0 spiro atoms. The molecule has 3 aromatic carbocycles. The van der Waals surface area contributed by atoms with Crippen molar-refractivity contribution in [1.29, 1.82) is 0 Å². The third-order valence-electron chi connectivity index (χ3n) is 3.23. The fourth-order valence-electron chi connectivity index (χ4n) is 2.39. The van der Waals surface area contributed by atoms with E-state index >= 15 is 0 Å². The Hall–Kier alpha value is -0.525. The predicted molar refractivity (Wildman–Crippen MR) is 85.7 cm³/mol. The van der Waals surface area contributed by atoms with Crippen LogP contribution in [-0.2, 0) is 14.3 Å². The minimum atomic E-state index is -3.85. The van der Waals surface area contributed by atoms with Gasteiger partial charge in [-0.05, 0) is 41.3 Å². The molecule has 0 aromatic heterocycles. The second-order valence-electron chi connectivity index (χ2n) is 4.92. The summed E-state index contributed by atoms with van der Waals surface area (Å²) in [5.41, 5.74) is 0. The number of benzene rings is 3. The first kappa shape index (κ1) is 17.8. The van der Waals surface area contributed by atoms with Crippen molar-refractivity contribution in [3.8, 4) is 0 Å². The quantitative estimate of drug-likeness (QED) is 0.389. The number of hydrogen-bond acceptors (Lipinski definition) is 3. The van der Waals surface area contributed by atoms with Crippen molar-refractivity contribution < 1.29 is 72.2 Å². The Morgan fingerprint density at radius 1 is 1.00 bits per heavy atom. The summed E-state index contributed by atoms with van der Waals surface area (Å²) in [4.78, 5) is 0.161. The Kier molecular flexibility index (Phi) is 5.61. The molecular weight excluding hydrogens is 370 g/mol. The van der Waals surface area contributed by atoms with E-state index in [-0.39, 0.29) is 70.3 Å². The van der Waals surface area contributed by atoms with E-state index in [9.17, 15) is 8.42 Å². The molecule has 0 saturated carbocycles. The molecule has 0 aliphatic carbocycles. The van der Waals surface area contributed by atoms with Crippen LogP contribution in [0.4, 0.5) is 0 Å². The van der Waals surface area contributed by atoms with E-state index in [1.165, 1.54) is 6.92 Å². The van der Waals surface area contributed by atoms with Crippen molar-refractivity contribution in [2.75, 3.05) is 0 Å². The summed E-state index contributed by atoms with van der Waals surface area (Å²) in [6, 6.07) is 16.8. The predicted octanol–water partition coefficient (Wildman–Crippen LogP) is 1.35. The molecule has 0 unspecified atom stereocenters. The maximum Gasteiger partial charge on any atom is 1.00 e. The van der Waals surface area contributed by atoms with Gasteiger partial charge in [0, 0.05) is 5.39 Å². The Morgan fingerprint density at radius 3 is 2.23 bits per heavy atom. The van der Waals surface area contributed by atoms with Crippen LogP contribution in [0, 0.1) is 0 Å². The summed E-state index contributed by atoms with van der Waals surface area (Å²) >= 11 is 0. The molecule has 0 aliphatic heterocycles. The molecule has 0 saturated heterocycles. The average Bonchev–Trinajstić information content (AvgIpc) is 2.43. The van der Waals surface area contributed by atoms with Gasteiger partial charge in [0.1, 0.15) is 10.7 Å². The second kappa shape index (κ2) is 6.93. The smallest absolute Gasteiger partial charge is 1.00 e. The second-order valence-corrected chi connectivity index (χ2v) is 6.43. The minimum Gasteiger partial charge on any atom is -1.00 e. The van der Waals surface area contributed by atoms with Gasteiger partial charge in [-0.25, -0.2) is 0 Å². The van der Waals surface area contributed by atoms with E-state index in [0.29, 0.717) is 5.39 Å². The van der Waals surface area contributed by atoms with Crippen LogP contribution in [0.5, 0.6) is 0 Å². The minimum absolute atomic E-state index is 0. The van der Waals surface area contributed by atoms with Crippen molar-refractivity contribution >= 4 is 31.7 Å². The molecule has 3 aromatic rings. The number of fused-ring (bicyclic) bond motifs is 2. The number of rotatable bonds is 3. The molecule has 22 heavy (non-hydrogen) atoms. The van der Waals surface area contributed by atoms with Crippen molar-refractivity contribution in [3.63, 3.8) is 0 Å². The van der Waals surface area contributed by atoms with Gasteiger partial charge in [0.25, 0.3) is 0 Å². The van der Waals surface area contributed by atoms with Crippen LogP contribution in [0.15, 0.2) is 71.8 Å². The summed E-state index contributed by atoms with van der Waals surface area (Å²) in [5.74, 6) is 0.146. The maximum atomic E-state index is 12.3. The summed E-state index contributed by atoms with van der Waals surface area (Å²) in [6.45, 7) is 5.01. The van der Waals surface area contributed by atoms with Crippen LogP contribution in [0.1, 0.15) is 8.35 Å². The zero-order chi connectivity index (χ0) is 15.0. The third kappa shape index (κ3) is 3.52. The molecule has 5 heteroatoms. The van der Waals surface area contributed by atoms with Gasteiger partial charge in [0.2, 0.25) is 0 Å². The van der Waals surface area contributed by atoms with Crippen LogP contribution in [-0.4, -0.2) is 8.42 Å². The molecule has 0 radical (unpaired) electrons. The monoisotopic (exact) mass is 384 g/mol. The number of hydrogen-bond donors (Lipinski definition) is 0. The van der Waals surface area contributed by atoms with Crippen LogP contribution < -0.4 is 58.2 Å². The topological polar surface area (TPSA) is 43.4 Å². The summed E-state index contributed by atoms with van der Waals surface area (Å²) < 4.78 is 29.5. The van der Waals surface area contributed by atoms with Gasteiger partial charge in [0.15, 0.2) is 0 Å². The van der Waals surface area contributed by atoms with Gasteiger partial charge in [-0.2, -0.15) is 8.42 Å². The van der Waals surface area contributed by atoms with Crippen molar-refractivity contribution in [2.24, 2.45) is 0 Å². The van der Waals surface area contributed by atoms with E-state index in [0.717, 1.165) is 16.2 Å². The van der Waals surface area contributed by atoms with E-state index in [1.807, 2.05) is 42.5 Å². The SMILES string of the molecule is C=C(C)OS(=O)(=O)c1cccc2cc3ccccc3cc12.[H-].[Rb+]. The van der Waals surface area contributed by atoms with Crippen LogP contribution in [0.25, 0.3) is 21.5 Å². The van der Waals surface area contributed by atoms with Crippen LogP contribution in [0.2, 0.25) is 0 Å². The molecule has 3 rings (SSSR count). The molecule has 0 bridgehead atoms. The van der Waals surface area contributed by atoms with Crippen molar-refractivity contribution in [2.45, 2.75) is 11.8 Å². The Morgan fingerprint density at radius 2 is 1.59 bits per heavy atom. The average molecular weight is 385 g/mol. The molecule has 3 nitrogen and oxygen atoms in total. The fourth-order valence-corrected chi connectivity index (χ4v) is 3.54.